The van der Waals surface area contributed by atoms with Gasteiger partial charge in [-0.1, -0.05) is 25.1 Å². The Hall–Kier alpha value is -2.30. The summed E-state index contributed by atoms with van der Waals surface area (Å²) in [5.74, 6) is -0.788. The number of carbonyl (C=O) groups is 1. The maximum absolute atomic E-state index is 11.6. The summed E-state index contributed by atoms with van der Waals surface area (Å²) in [5.41, 5.74) is 0.703. The Morgan fingerprint density at radius 1 is 1.39 bits per heavy atom. The molecule has 0 aliphatic heterocycles. The molecule has 5 heteroatoms. The molecule has 0 spiro atoms. The molecule has 18 heavy (non-hydrogen) atoms. The van der Waals surface area contributed by atoms with Crippen LogP contribution in [0.4, 0.5) is 0 Å². The average Bonchev–Trinajstić information content (AvgIpc) is 2.79. The minimum atomic E-state index is -0.607. The number of rotatable bonds is 4. The number of esters is 1. The first kappa shape index (κ1) is 12.2. The molecule has 0 fully saturated rings. The molecular formula is C13H14N2O3. The summed E-state index contributed by atoms with van der Waals surface area (Å²) in [6.07, 6.45) is 2.11. The fourth-order valence-corrected chi connectivity index (χ4v) is 1.49. The number of nitrogens with zero attached hydrogens (tertiary/aromatic N) is 2. The lowest BCUT2D eigenvalue weighted by atomic mass is 10.3. The topological polar surface area (TPSA) is 64.3 Å². The third kappa shape index (κ3) is 2.51. The van der Waals surface area contributed by atoms with Gasteiger partial charge < -0.3 is 9.84 Å². The van der Waals surface area contributed by atoms with Crippen molar-refractivity contribution in [2.24, 2.45) is 0 Å². The van der Waals surface area contributed by atoms with Gasteiger partial charge in [-0.2, -0.15) is 5.10 Å². The van der Waals surface area contributed by atoms with E-state index in [4.69, 9.17) is 4.74 Å². The van der Waals surface area contributed by atoms with Gasteiger partial charge in [0, 0.05) is 0 Å². The molecule has 5 nitrogen and oxygen atoms in total. The molecular weight excluding hydrogens is 232 g/mol. The van der Waals surface area contributed by atoms with Crippen LogP contribution in [-0.4, -0.2) is 27.5 Å². The zero-order chi connectivity index (χ0) is 13.0. The summed E-state index contributed by atoms with van der Waals surface area (Å²) in [4.78, 5) is 11.6. The van der Waals surface area contributed by atoms with E-state index in [-0.39, 0.29) is 11.4 Å². The lowest BCUT2D eigenvalue weighted by molar-refractivity contribution is 0.0494. The molecule has 0 amide bonds. The van der Waals surface area contributed by atoms with Crippen molar-refractivity contribution < 1.29 is 14.6 Å². The Kier molecular flexibility index (Phi) is 3.62. The number of ether oxygens (including phenoxy) is 1. The van der Waals surface area contributed by atoms with E-state index in [0.29, 0.717) is 6.61 Å². The van der Waals surface area contributed by atoms with Crippen LogP contribution in [0, 0.1) is 0 Å². The Balaban J connectivity index is 2.25. The van der Waals surface area contributed by atoms with Gasteiger partial charge in [0.25, 0.3) is 0 Å². The maximum Gasteiger partial charge on any atom is 0.362 e. The van der Waals surface area contributed by atoms with Crippen LogP contribution < -0.4 is 0 Å². The monoisotopic (exact) mass is 246 g/mol. The number of hydrogen-bond acceptors (Lipinski definition) is 4. The van der Waals surface area contributed by atoms with Crippen molar-refractivity contribution in [3.63, 3.8) is 0 Å². The number of aromatic hydroxyl groups is 1. The highest BCUT2D eigenvalue weighted by Gasteiger charge is 2.18. The minimum absolute atomic E-state index is 0.0627. The lowest BCUT2D eigenvalue weighted by Gasteiger charge is -2.00. The highest BCUT2D eigenvalue weighted by atomic mass is 16.5. The van der Waals surface area contributed by atoms with Gasteiger partial charge in [0.1, 0.15) is 0 Å². The summed E-state index contributed by atoms with van der Waals surface area (Å²) in [7, 11) is 0. The van der Waals surface area contributed by atoms with Gasteiger partial charge in [-0.05, 0) is 18.6 Å². The molecule has 94 valence electrons. The molecule has 2 aromatic rings. The normalized spacial score (nSPS) is 10.3. The molecule has 0 saturated heterocycles. The number of benzene rings is 1. The molecule has 0 aliphatic carbocycles. The summed E-state index contributed by atoms with van der Waals surface area (Å²) < 4.78 is 6.37. The molecule has 0 bridgehead atoms. The van der Waals surface area contributed by atoms with E-state index in [1.807, 2.05) is 37.3 Å². The summed E-state index contributed by atoms with van der Waals surface area (Å²) >= 11 is 0. The van der Waals surface area contributed by atoms with Gasteiger partial charge in [-0.25, -0.2) is 9.48 Å². The van der Waals surface area contributed by atoms with E-state index >= 15 is 0 Å². The fourth-order valence-electron chi connectivity index (χ4n) is 1.49. The predicted molar refractivity (Wildman–Crippen MR) is 65.8 cm³/mol. The molecule has 0 unspecified atom stereocenters. The molecule has 1 aromatic carbocycles. The first-order valence-electron chi connectivity index (χ1n) is 5.73. The van der Waals surface area contributed by atoms with Crippen LogP contribution in [0.5, 0.6) is 5.75 Å². The first-order chi connectivity index (χ1) is 8.72. The van der Waals surface area contributed by atoms with Gasteiger partial charge in [-0.3, -0.25) is 0 Å². The second-order valence-corrected chi connectivity index (χ2v) is 3.78. The molecule has 1 heterocycles. The number of para-hydroxylation sites is 1. The van der Waals surface area contributed by atoms with Crippen molar-refractivity contribution in [1.82, 2.24) is 9.78 Å². The predicted octanol–water partition coefficient (Wildman–Crippen LogP) is 2.14. The van der Waals surface area contributed by atoms with Gasteiger partial charge >= 0.3 is 5.97 Å². The van der Waals surface area contributed by atoms with Crippen molar-refractivity contribution in [2.75, 3.05) is 6.61 Å². The zero-order valence-corrected chi connectivity index (χ0v) is 10.0. The van der Waals surface area contributed by atoms with Crippen LogP contribution in [0.15, 0.2) is 36.5 Å². The second kappa shape index (κ2) is 5.35. The van der Waals surface area contributed by atoms with E-state index in [1.165, 1.54) is 10.9 Å². The standard InChI is InChI=1S/C13H14N2O3/c1-2-8-18-13(17)12-11(16)9-15(14-12)10-6-4-3-5-7-10/h3-7,9,16H,2,8H2,1H3. The summed E-state index contributed by atoms with van der Waals surface area (Å²) in [6, 6.07) is 9.23. The molecule has 1 N–H and O–H groups in total. The zero-order valence-electron chi connectivity index (χ0n) is 10.0. The van der Waals surface area contributed by atoms with Gasteiger partial charge in [-0.15, -0.1) is 0 Å². The van der Waals surface area contributed by atoms with Gasteiger partial charge in [0.2, 0.25) is 5.69 Å². The number of aromatic nitrogens is 2. The Morgan fingerprint density at radius 3 is 2.78 bits per heavy atom. The van der Waals surface area contributed by atoms with E-state index in [9.17, 15) is 9.90 Å². The summed E-state index contributed by atoms with van der Waals surface area (Å²) in [5, 5.41) is 13.7. The number of carbonyl (C=O) groups excluding carboxylic acids is 1. The third-order valence-electron chi connectivity index (χ3n) is 2.35. The molecule has 0 aliphatic rings. The average molecular weight is 246 g/mol. The molecule has 1 aromatic heterocycles. The number of hydrogen-bond donors (Lipinski definition) is 1. The third-order valence-corrected chi connectivity index (χ3v) is 2.35. The van der Waals surface area contributed by atoms with E-state index in [1.54, 1.807) is 0 Å². The van der Waals surface area contributed by atoms with Crippen LogP contribution >= 0.6 is 0 Å². The Labute approximate surface area is 105 Å². The molecule has 0 atom stereocenters. The smallest absolute Gasteiger partial charge is 0.362 e. The van der Waals surface area contributed by atoms with Crippen molar-refractivity contribution >= 4 is 5.97 Å². The maximum atomic E-state index is 11.6. The van der Waals surface area contributed by atoms with Crippen LogP contribution in [-0.2, 0) is 4.74 Å². The van der Waals surface area contributed by atoms with Crippen LogP contribution in [0.1, 0.15) is 23.8 Å². The van der Waals surface area contributed by atoms with E-state index in [0.717, 1.165) is 12.1 Å². The molecule has 0 radical (unpaired) electrons. The first-order valence-corrected chi connectivity index (χ1v) is 5.73. The Bertz CT molecular complexity index is 534. The Morgan fingerprint density at radius 2 is 2.11 bits per heavy atom. The van der Waals surface area contributed by atoms with Crippen molar-refractivity contribution in [1.29, 1.82) is 0 Å². The van der Waals surface area contributed by atoms with E-state index in [2.05, 4.69) is 5.10 Å². The minimum Gasteiger partial charge on any atom is -0.504 e. The van der Waals surface area contributed by atoms with Gasteiger partial charge in [0.15, 0.2) is 5.75 Å². The van der Waals surface area contributed by atoms with Crippen molar-refractivity contribution in [2.45, 2.75) is 13.3 Å². The van der Waals surface area contributed by atoms with E-state index < -0.39 is 5.97 Å². The largest absolute Gasteiger partial charge is 0.504 e. The molecule has 0 saturated carbocycles. The van der Waals surface area contributed by atoms with Crippen molar-refractivity contribution in [3.8, 4) is 11.4 Å². The summed E-state index contributed by atoms with van der Waals surface area (Å²) in [6.45, 7) is 2.21. The molecule has 2 rings (SSSR count). The SMILES string of the molecule is CCCOC(=O)c1nn(-c2ccccc2)cc1O. The van der Waals surface area contributed by atoms with Crippen LogP contribution in [0.25, 0.3) is 5.69 Å². The fraction of sp³-hybridized carbons (Fsp3) is 0.231. The lowest BCUT2D eigenvalue weighted by Crippen LogP contribution is -2.07. The highest BCUT2D eigenvalue weighted by molar-refractivity contribution is 5.90. The van der Waals surface area contributed by atoms with Gasteiger partial charge in [0.05, 0.1) is 18.5 Å². The quantitative estimate of drug-likeness (QED) is 0.839. The van der Waals surface area contributed by atoms with Crippen molar-refractivity contribution in [3.05, 3.63) is 42.2 Å². The highest BCUT2D eigenvalue weighted by Crippen LogP contribution is 2.18. The van der Waals surface area contributed by atoms with Crippen LogP contribution in [0.3, 0.4) is 0 Å². The second-order valence-electron chi connectivity index (χ2n) is 3.78. The van der Waals surface area contributed by atoms with Crippen LogP contribution in [0.2, 0.25) is 0 Å².